The van der Waals surface area contributed by atoms with E-state index in [2.05, 4.69) is 15.2 Å². The standard InChI is InChI=1S/C18H16N4O2S2/c1-3-26-18-19-16-15(20-21-18)13-6-4-5-7-14(13)22(11(2)23)17(24-16)12-8-9-25-10-12/h4-10,17H,3H2,1-2H3/t17-/m1/s1. The minimum atomic E-state index is -0.600. The first-order valence-corrected chi connectivity index (χ1v) is 10.1. The largest absolute Gasteiger partial charge is 0.447 e. The first-order valence-electron chi connectivity index (χ1n) is 8.14. The van der Waals surface area contributed by atoms with Gasteiger partial charge in [0.1, 0.15) is 0 Å². The van der Waals surface area contributed by atoms with Crippen LogP contribution in [0, 0.1) is 0 Å². The third kappa shape index (κ3) is 2.95. The van der Waals surface area contributed by atoms with Gasteiger partial charge in [0.15, 0.2) is 5.69 Å². The average Bonchev–Trinajstić information content (AvgIpc) is 3.12. The first-order chi connectivity index (χ1) is 12.7. The molecular weight excluding hydrogens is 368 g/mol. The smallest absolute Gasteiger partial charge is 0.247 e. The number of aromatic nitrogens is 3. The Hall–Kier alpha value is -2.45. The van der Waals surface area contributed by atoms with Crippen LogP contribution in [-0.2, 0) is 4.79 Å². The van der Waals surface area contributed by atoms with E-state index in [-0.39, 0.29) is 5.91 Å². The van der Waals surface area contributed by atoms with E-state index in [1.165, 1.54) is 18.7 Å². The molecule has 132 valence electrons. The summed E-state index contributed by atoms with van der Waals surface area (Å²) in [6.07, 6.45) is -0.600. The molecule has 0 radical (unpaired) electrons. The molecular formula is C18H16N4O2S2. The van der Waals surface area contributed by atoms with Gasteiger partial charge in [-0.3, -0.25) is 9.69 Å². The molecule has 1 aliphatic rings. The van der Waals surface area contributed by atoms with Crippen LogP contribution >= 0.6 is 23.1 Å². The van der Waals surface area contributed by atoms with Crippen molar-refractivity contribution in [3.63, 3.8) is 0 Å². The van der Waals surface area contributed by atoms with Crippen LogP contribution in [0.4, 0.5) is 5.69 Å². The number of para-hydroxylation sites is 1. The van der Waals surface area contributed by atoms with Crippen LogP contribution in [0.25, 0.3) is 11.3 Å². The van der Waals surface area contributed by atoms with Gasteiger partial charge >= 0.3 is 0 Å². The molecule has 0 saturated carbocycles. The van der Waals surface area contributed by atoms with Gasteiger partial charge in [-0.25, -0.2) is 0 Å². The molecule has 3 heterocycles. The van der Waals surface area contributed by atoms with E-state index in [4.69, 9.17) is 4.74 Å². The zero-order valence-electron chi connectivity index (χ0n) is 14.2. The second kappa shape index (κ2) is 7.05. The second-order valence-corrected chi connectivity index (χ2v) is 7.63. The number of hydrogen-bond acceptors (Lipinski definition) is 7. The number of hydrogen-bond donors (Lipinski definition) is 0. The number of amides is 1. The molecule has 1 atom stereocenters. The van der Waals surface area contributed by atoms with Crippen LogP contribution in [0.2, 0.25) is 0 Å². The summed E-state index contributed by atoms with van der Waals surface area (Å²) in [5.41, 5.74) is 2.96. The van der Waals surface area contributed by atoms with E-state index < -0.39 is 6.23 Å². The van der Waals surface area contributed by atoms with Crippen molar-refractivity contribution in [2.45, 2.75) is 25.2 Å². The molecule has 0 spiro atoms. The lowest BCUT2D eigenvalue weighted by molar-refractivity contribution is -0.118. The van der Waals surface area contributed by atoms with Crippen LogP contribution in [0.3, 0.4) is 0 Å². The van der Waals surface area contributed by atoms with E-state index >= 15 is 0 Å². The molecule has 26 heavy (non-hydrogen) atoms. The summed E-state index contributed by atoms with van der Waals surface area (Å²) < 4.78 is 6.23. The molecule has 0 N–H and O–H groups in total. The lowest BCUT2D eigenvalue weighted by Crippen LogP contribution is -2.35. The normalized spacial score (nSPS) is 15.6. The van der Waals surface area contributed by atoms with Crippen molar-refractivity contribution in [1.82, 2.24) is 15.2 Å². The molecule has 0 saturated heterocycles. The van der Waals surface area contributed by atoms with Crippen LogP contribution in [0.1, 0.15) is 25.6 Å². The Morgan fingerprint density at radius 2 is 2.15 bits per heavy atom. The number of thioether (sulfide) groups is 1. The summed E-state index contributed by atoms with van der Waals surface area (Å²) in [6, 6.07) is 9.56. The summed E-state index contributed by atoms with van der Waals surface area (Å²) in [5.74, 6) is 1.12. The molecule has 0 aliphatic carbocycles. The van der Waals surface area contributed by atoms with E-state index in [0.717, 1.165) is 22.6 Å². The molecule has 3 aromatic rings. The highest BCUT2D eigenvalue weighted by molar-refractivity contribution is 7.99. The number of rotatable bonds is 3. The topological polar surface area (TPSA) is 68.2 Å². The van der Waals surface area contributed by atoms with Crippen LogP contribution in [0.5, 0.6) is 5.88 Å². The fraction of sp³-hybridized carbons (Fsp3) is 0.222. The Labute approximate surface area is 159 Å². The number of nitrogens with zero attached hydrogens (tertiary/aromatic N) is 4. The highest BCUT2D eigenvalue weighted by Crippen LogP contribution is 2.43. The number of carbonyl (C=O) groups is 1. The van der Waals surface area contributed by atoms with Gasteiger partial charge in [-0.15, -0.1) is 10.2 Å². The number of ether oxygens (including phenoxy) is 1. The molecule has 1 aromatic carbocycles. The molecule has 8 heteroatoms. The zero-order chi connectivity index (χ0) is 18.1. The average molecular weight is 384 g/mol. The molecule has 6 nitrogen and oxygen atoms in total. The molecule has 1 aliphatic heterocycles. The SMILES string of the molecule is CCSc1nnc2c(n1)O[C@H](c1ccsc1)N(C(C)=O)c1ccccc1-2. The number of thiophene rings is 1. The summed E-state index contributed by atoms with van der Waals surface area (Å²) in [6.45, 7) is 3.56. The van der Waals surface area contributed by atoms with Crippen molar-refractivity contribution < 1.29 is 9.53 Å². The number of carbonyl (C=O) groups excluding carboxylic acids is 1. The maximum atomic E-state index is 12.5. The van der Waals surface area contributed by atoms with Gasteiger partial charge in [0.25, 0.3) is 0 Å². The van der Waals surface area contributed by atoms with Crippen molar-refractivity contribution in [2.24, 2.45) is 0 Å². The van der Waals surface area contributed by atoms with Crippen molar-refractivity contribution in [1.29, 1.82) is 0 Å². The van der Waals surface area contributed by atoms with Gasteiger partial charge in [-0.2, -0.15) is 16.3 Å². The third-order valence-electron chi connectivity index (χ3n) is 3.95. The predicted octanol–water partition coefficient (Wildman–Crippen LogP) is 4.16. The van der Waals surface area contributed by atoms with E-state index in [9.17, 15) is 4.79 Å². The lowest BCUT2D eigenvalue weighted by Gasteiger charge is -2.29. The molecule has 4 rings (SSSR count). The Kier molecular flexibility index (Phi) is 4.60. The van der Waals surface area contributed by atoms with Gasteiger partial charge in [0, 0.05) is 18.1 Å². The first kappa shape index (κ1) is 17.0. The minimum absolute atomic E-state index is 0.113. The fourth-order valence-corrected chi connectivity index (χ4v) is 4.05. The summed E-state index contributed by atoms with van der Waals surface area (Å²) in [4.78, 5) is 18.7. The molecule has 0 fully saturated rings. The Balaban J connectivity index is 1.94. The van der Waals surface area contributed by atoms with Crippen molar-refractivity contribution in [3.05, 3.63) is 46.7 Å². The Morgan fingerprint density at radius 3 is 2.88 bits per heavy atom. The number of fused-ring (bicyclic) bond motifs is 3. The van der Waals surface area contributed by atoms with Crippen molar-refractivity contribution in [2.75, 3.05) is 10.7 Å². The maximum Gasteiger partial charge on any atom is 0.247 e. The lowest BCUT2D eigenvalue weighted by atomic mass is 10.1. The monoisotopic (exact) mass is 384 g/mol. The highest BCUT2D eigenvalue weighted by Gasteiger charge is 2.34. The van der Waals surface area contributed by atoms with E-state index in [1.54, 1.807) is 16.2 Å². The van der Waals surface area contributed by atoms with Crippen LogP contribution in [0.15, 0.2) is 46.2 Å². The van der Waals surface area contributed by atoms with Gasteiger partial charge in [0.2, 0.25) is 23.2 Å². The molecule has 1 amide bonds. The molecule has 0 unspecified atom stereocenters. The minimum Gasteiger partial charge on any atom is -0.447 e. The van der Waals surface area contributed by atoms with Crippen LogP contribution in [-0.4, -0.2) is 26.8 Å². The Morgan fingerprint density at radius 1 is 1.31 bits per heavy atom. The zero-order valence-corrected chi connectivity index (χ0v) is 15.9. The summed E-state index contributed by atoms with van der Waals surface area (Å²) in [5, 5.41) is 13.1. The van der Waals surface area contributed by atoms with Crippen LogP contribution < -0.4 is 9.64 Å². The van der Waals surface area contributed by atoms with Gasteiger partial charge in [-0.05, 0) is 28.6 Å². The van der Waals surface area contributed by atoms with Crippen molar-refractivity contribution in [3.8, 4) is 17.1 Å². The summed E-state index contributed by atoms with van der Waals surface area (Å²) >= 11 is 3.06. The number of benzene rings is 1. The molecule has 0 bridgehead atoms. The van der Waals surface area contributed by atoms with Gasteiger partial charge in [-0.1, -0.05) is 36.9 Å². The quantitative estimate of drug-likeness (QED) is 0.632. The van der Waals surface area contributed by atoms with Gasteiger partial charge in [0.05, 0.1) is 5.69 Å². The van der Waals surface area contributed by atoms with Gasteiger partial charge < -0.3 is 4.74 Å². The maximum absolute atomic E-state index is 12.5. The fourth-order valence-electron chi connectivity index (χ4n) is 2.88. The predicted molar refractivity (Wildman–Crippen MR) is 103 cm³/mol. The van der Waals surface area contributed by atoms with E-state index in [0.29, 0.717) is 16.7 Å². The Bertz CT molecular complexity index is 946. The van der Waals surface area contributed by atoms with E-state index in [1.807, 2.05) is 48.0 Å². The third-order valence-corrected chi connectivity index (χ3v) is 5.37. The number of anilines is 1. The molecule has 2 aromatic heterocycles. The highest BCUT2D eigenvalue weighted by atomic mass is 32.2. The second-order valence-electron chi connectivity index (χ2n) is 5.61. The summed E-state index contributed by atoms with van der Waals surface area (Å²) in [7, 11) is 0. The van der Waals surface area contributed by atoms with Crippen molar-refractivity contribution >= 4 is 34.7 Å².